The Hall–Kier alpha value is -2.62. The van der Waals surface area contributed by atoms with Crippen LogP contribution in [0.5, 0.6) is 0 Å². The maximum atomic E-state index is 12.0. The first-order valence-electron chi connectivity index (χ1n) is 8.99. The van der Waals surface area contributed by atoms with E-state index < -0.39 is 18.2 Å². The summed E-state index contributed by atoms with van der Waals surface area (Å²) in [6.45, 7) is 4.70. The Morgan fingerprint density at radius 2 is 2.04 bits per heavy atom. The van der Waals surface area contributed by atoms with Gasteiger partial charge in [0.15, 0.2) is 0 Å². The first kappa shape index (κ1) is 20.1. The molecule has 1 aliphatic heterocycles. The molecule has 1 unspecified atom stereocenters. The number of nitrogens with one attached hydrogen (secondary N) is 2. The first-order valence-corrected chi connectivity index (χ1v) is 9.80. The predicted molar refractivity (Wildman–Crippen MR) is 109 cm³/mol. The number of nitrogens with two attached hydrogens (primary N) is 1. The van der Waals surface area contributed by atoms with Gasteiger partial charge < -0.3 is 26.2 Å². The number of rotatable bonds is 7. The first-order chi connectivity index (χ1) is 13.4. The van der Waals surface area contributed by atoms with Crippen molar-refractivity contribution in [2.45, 2.75) is 26.2 Å². The highest BCUT2D eigenvalue weighted by Crippen LogP contribution is 2.37. The summed E-state index contributed by atoms with van der Waals surface area (Å²) in [7, 11) is 1.32. The minimum absolute atomic E-state index is 0.415. The molecule has 0 radical (unpaired) electrons. The number of carbonyl (C=O) groups excluding carboxylic acids is 2. The minimum Gasteiger partial charge on any atom is -0.465 e. The number of benzene rings is 1. The van der Waals surface area contributed by atoms with E-state index in [1.165, 1.54) is 18.4 Å². The van der Waals surface area contributed by atoms with Gasteiger partial charge in [0, 0.05) is 23.7 Å². The summed E-state index contributed by atoms with van der Waals surface area (Å²) in [4.78, 5) is 26.9. The zero-order valence-electron chi connectivity index (χ0n) is 15.8. The lowest BCUT2D eigenvalue weighted by Crippen LogP contribution is -2.31. The van der Waals surface area contributed by atoms with Gasteiger partial charge in [0.05, 0.1) is 18.2 Å². The molecule has 1 aromatic carbocycles. The fraction of sp³-hybridized carbons (Fsp3) is 0.368. The minimum atomic E-state index is -1.13. The average molecular weight is 404 g/mol. The maximum Gasteiger partial charge on any atom is 0.337 e. The van der Waals surface area contributed by atoms with Crippen LogP contribution in [0.4, 0.5) is 10.7 Å². The lowest BCUT2D eigenvalue weighted by molar-refractivity contribution is 0.0600. The summed E-state index contributed by atoms with van der Waals surface area (Å²) in [6.07, 6.45) is -0.373. The highest BCUT2D eigenvalue weighted by Gasteiger charge is 2.27. The number of nitrogens with zero attached hydrogens (tertiary/aromatic N) is 1. The second kappa shape index (κ2) is 8.59. The molecule has 5 N–H and O–H groups in total. The summed E-state index contributed by atoms with van der Waals surface area (Å²) in [5.74, 6) is -0.929. The Kier molecular flexibility index (Phi) is 6.18. The molecule has 9 heteroatoms. The average Bonchev–Trinajstić information content (AvgIpc) is 3.04. The van der Waals surface area contributed by atoms with Gasteiger partial charge in [0.2, 0.25) is 6.35 Å². The van der Waals surface area contributed by atoms with E-state index in [0.29, 0.717) is 21.8 Å². The summed E-state index contributed by atoms with van der Waals surface area (Å²) in [5.41, 5.74) is 8.05. The number of esters is 1. The number of amides is 1. The van der Waals surface area contributed by atoms with Crippen LogP contribution in [0.2, 0.25) is 0 Å². The Balaban J connectivity index is 1.73. The predicted octanol–water partition coefficient (Wildman–Crippen LogP) is 1.81. The lowest BCUT2D eigenvalue weighted by atomic mass is 10.0. The number of thiophene rings is 1. The molecule has 8 nitrogen and oxygen atoms in total. The molecular weight excluding hydrogens is 380 g/mol. The summed E-state index contributed by atoms with van der Waals surface area (Å²) < 4.78 is 4.66. The molecule has 0 saturated carbocycles. The second-order valence-electron chi connectivity index (χ2n) is 6.45. The molecule has 2 aromatic rings. The van der Waals surface area contributed by atoms with Crippen LogP contribution < -0.4 is 16.4 Å². The summed E-state index contributed by atoms with van der Waals surface area (Å²) in [5, 5.41) is 16.7. The monoisotopic (exact) mass is 404 g/mol. The fourth-order valence-electron chi connectivity index (χ4n) is 3.23. The largest absolute Gasteiger partial charge is 0.465 e. The third-order valence-corrected chi connectivity index (χ3v) is 5.85. The van der Waals surface area contributed by atoms with Crippen LogP contribution in [0.25, 0.3) is 0 Å². The van der Waals surface area contributed by atoms with E-state index in [9.17, 15) is 14.7 Å². The Morgan fingerprint density at radius 1 is 1.32 bits per heavy atom. The molecule has 28 heavy (non-hydrogen) atoms. The van der Waals surface area contributed by atoms with Crippen molar-refractivity contribution in [3.8, 4) is 0 Å². The van der Waals surface area contributed by atoms with Crippen LogP contribution in [-0.4, -0.2) is 48.4 Å². The number of fused-ring (bicyclic) bond motifs is 1. The highest BCUT2D eigenvalue weighted by molar-refractivity contribution is 7.16. The molecule has 1 aromatic heterocycles. The molecule has 0 aliphatic carbocycles. The third kappa shape index (κ3) is 4.27. The molecule has 1 amide bonds. The highest BCUT2D eigenvalue weighted by atomic mass is 32.1. The van der Waals surface area contributed by atoms with Crippen molar-refractivity contribution in [3.63, 3.8) is 0 Å². The van der Waals surface area contributed by atoms with Crippen molar-refractivity contribution in [1.82, 2.24) is 4.90 Å². The lowest BCUT2D eigenvalue weighted by Gasteiger charge is -2.25. The van der Waals surface area contributed by atoms with E-state index in [4.69, 9.17) is 5.73 Å². The topological polar surface area (TPSA) is 117 Å². The van der Waals surface area contributed by atoms with Crippen molar-refractivity contribution in [3.05, 3.63) is 45.8 Å². The quantitative estimate of drug-likeness (QED) is 0.411. The number of aliphatic hydroxyl groups excluding tert-OH is 1. The number of methoxy groups -OCH3 is 1. The van der Waals surface area contributed by atoms with Crippen molar-refractivity contribution in [1.29, 1.82) is 0 Å². The zero-order chi connectivity index (χ0) is 20.3. The standard InChI is InChI=1S/C19H24N4O4S/c1-3-23-9-8-13-14(10-23)28-17(15(13)16(20)24)22-19(26)21-12-6-4-11(5-7-12)18(25)27-2/h4-7,19,21-22,26H,3,8-10H2,1-2H3,(H2,20,24). The van der Waals surface area contributed by atoms with Gasteiger partial charge in [-0.2, -0.15) is 0 Å². The zero-order valence-corrected chi connectivity index (χ0v) is 16.6. The number of carbonyl (C=O) groups is 2. The molecular formula is C19H24N4O4S. The number of anilines is 2. The molecule has 150 valence electrons. The Bertz CT molecular complexity index is 866. The van der Waals surface area contributed by atoms with Crippen molar-refractivity contribution < 1.29 is 19.4 Å². The van der Waals surface area contributed by atoms with Gasteiger partial charge in [-0.25, -0.2) is 4.79 Å². The van der Waals surface area contributed by atoms with Gasteiger partial charge in [0.1, 0.15) is 5.00 Å². The molecule has 1 aliphatic rings. The smallest absolute Gasteiger partial charge is 0.337 e. The number of hydrogen-bond donors (Lipinski definition) is 4. The van der Waals surface area contributed by atoms with Gasteiger partial charge in [-0.05, 0) is 42.8 Å². The summed E-state index contributed by atoms with van der Waals surface area (Å²) in [6, 6.07) is 6.51. The van der Waals surface area contributed by atoms with E-state index in [0.717, 1.165) is 36.5 Å². The van der Waals surface area contributed by atoms with Crippen LogP contribution >= 0.6 is 11.3 Å². The molecule has 0 saturated heterocycles. The van der Waals surface area contributed by atoms with Crippen molar-refractivity contribution in [2.75, 3.05) is 30.8 Å². The number of ether oxygens (including phenoxy) is 1. The number of primary amides is 1. The summed E-state index contributed by atoms with van der Waals surface area (Å²) >= 11 is 1.44. The van der Waals surface area contributed by atoms with Gasteiger partial charge in [0.25, 0.3) is 5.91 Å². The van der Waals surface area contributed by atoms with Crippen LogP contribution in [0, 0.1) is 0 Å². The normalized spacial score (nSPS) is 14.8. The van der Waals surface area contributed by atoms with Crippen LogP contribution in [0.15, 0.2) is 24.3 Å². The van der Waals surface area contributed by atoms with Crippen LogP contribution in [-0.2, 0) is 17.7 Å². The number of hydrogen-bond acceptors (Lipinski definition) is 8. The van der Waals surface area contributed by atoms with Crippen LogP contribution in [0.1, 0.15) is 38.1 Å². The van der Waals surface area contributed by atoms with E-state index in [1.54, 1.807) is 24.3 Å². The van der Waals surface area contributed by atoms with Gasteiger partial charge in [-0.1, -0.05) is 6.92 Å². The molecule has 0 fully saturated rings. The molecule has 3 rings (SSSR count). The van der Waals surface area contributed by atoms with E-state index >= 15 is 0 Å². The van der Waals surface area contributed by atoms with Gasteiger partial charge in [-0.15, -0.1) is 11.3 Å². The fourth-order valence-corrected chi connectivity index (χ4v) is 4.54. The van der Waals surface area contributed by atoms with E-state index in [2.05, 4.69) is 27.2 Å². The van der Waals surface area contributed by atoms with E-state index in [-0.39, 0.29) is 0 Å². The van der Waals surface area contributed by atoms with Crippen LogP contribution in [0.3, 0.4) is 0 Å². The van der Waals surface area contributed by atoms with Gasteiger partial charge in [-0.3, -0.25) is 9.69 Å². The SMILES string of the molecule is CCN1CCc2c(sc(NC(O)Nc3ccc(C(=O)OC)cc3)c2C(N)=O)C1. The van der Waals surface area contributed by atoms with Crippen molar-refractivity contribution >= 4 is 33.9 Å². The third-order valence-electron chi connectivity index (χ3n) is 4.71. The van der Waals surface area contributed by atoms with Crippen molar-refractivity contribution in [2.24, 2.45) is 5.73 Å². The number of likely N-dealkylation sites (N-methyl/N-ethyl adjacent to an activating group) is 1. The molecule has 0 spiro atoms. The molecule has 2 heterocycles. The second-order valence-corrected chi connectivity index (χ2v) is 7.56. The maximum absolute atomic E-state index is 12.0. The number of aliphatic hydroxyl groups is 1. The van der Waals surface area contributed by atoms with Gasteiger partial charge >= 0.3 is 5.97 Å². The van der Waals surface area contributed by atoms with E-state index in [1.807, 2.05) is 0 Å². The molecule has 1 atom stereocenters. The Morgan fingerprint density at radius 3 is 2.64 bits per heavy atom. The molecule has 0 bridgehead atoms. The Labute approximate surface area is 167 Å².